The van der Waals surface area contributed by atoms with E-state index in [0.29, 0.717) is 5.57 Å². The molecule has 4 rings (SSSR count). The Balaban J connectivity index is 2.04. The Morgan fingerprint density at radius 2 is 1.50 bits per heavy atom. The summed E-state index contributed by atoms with van der Waals surface area (Å²) in [6.45, 7) is 11.1. The van der Waals surface area contributed by atoms with Crippen molar-refractivity contribution in [2.24, 2.45) is 11.3 Å². The lowest BCUT2D eigenvalue weighted by atomic mass is 9.55. The van der Waals surface area contributed by atoms with Gasteiger partial charge in [-0.25, -0.2) is 4.79 Å². The molecule has 0 saturated carbocycles. The summed E-state index contributed by atoms with van der Waals surface area (Å²) in [6, 6.07) is 0. The lowest BCUT2D eigenvalue weighted by Crippen LogP contribution is -2.67. The van der Waals surface area contributed by atoms with Gasteiger partial charge in [0.2, 0.25) is 0 Å². The number of carbonyl (C=O) groups excluding carboxylic acids is 5. The van der Waals surface area contributed by atoms with Gasteiger partial charge in [0.15, 0.2) is 17.3 Å². The normalized spacial score (nSPS) is 44.8. The summed E-state index contributed by atoms with van der Waals surface area (Å²) in [4.78, 5) is 62.2. The lowest BCUT2D eigenvalue weighted by Gasteiger charge is -2.55. The topological polar surface area (TPSA) is 164 Å². The third-order valence-corrected chi connectivity index (χ3v) is 8.60. The molecule has 0 amide bonds. The van der Waals surface area contributed by atoms with Gasteiger partial charge in [0.1, 0.15) is 30.0 Å². The standard InChI is InChI=1S/C28H36O12/c1-13-11-21-28(27(8,40-28)24(33)39-21)23(38-17(5)32)22-25(6,10-9-19(26(22,7)34)36-15(3)30)20(37-16(4)31)12-18(13)35-14(2)29/h9-11,18-23,34H,12H2,1-8H3/b13-11-/t18-,19-,20+,21+,22-,23?,25-,26-,27+,28+/m1/s1. The summed E-state index contributed by atoms with van der Waals surface area (Å²) >= 11 is 0. The molecule has 12 nitrogen and oxygen atoms in total. The van der Waals surface area contributed by atoms with Gasteiger partial charge < -0.3 is 33.5 Å². The number of rotatable bonds is 4. The molecular formula is C28H36O12. The van der Waals surface area contributed by atoms with Crippen molar-refractivity contribution in [1.82, 2.24) is 0 Å². The van der Waals surface area contributed by atoms with E-state index in [1.165, 1.54) is 47.6 Å². The van der Waals surface area contributed by atoms with Crippen molar-refractivity contribution in [3.63, 3.8) is 0 Å². The summed E-state index contributed by atoms with van der Waals surface area (Å²) in [7, 11) is 0. The maximum Gasteiger partial charge on any atom is 0.342 e. The van der Waals surface area contributed by atoms with Crippen LogP contribution in [0.5, 0.6) is 0 Å². The van der Waals surface area contributed by atoms with E-state index < -0.39 is 88.5 Å². The molecule has 1 spiro atoms. The van der Waals surface area contributed by atoms with Crippen LogP contribution < -0.4 is 0 Å². The molecule has 0 aromatic carbocycles. The fourth-order valence-corrected chi connectivity index (χ4v) is 6.76. The third kappa shape index (κ3) is 4.50. The minimum Gasteiger partial charge on any atom is -0.461 e. The van der Waals surface area contributed by atoms with Crippen LogP contribution >= 0.6 is 0 Å². The third-order valence-electron chi connectivity index (χ3n) is 8.60. The van der Waals surface area contributed by atoms with Crippen LogP contribution in [-0.2, 0) is 52.4 Å². The number of epoxide rings is 1. The van der Waals surface area contributed by atoms with Gasteiger partial charge >= 0.3 is 29.8 Å². The monoisotopic (exact) mass is 564 g/mol. The van der Waals surface area contributed by atoms with E-state index in [0.717, 1.165) is 0 Å². The van der Waals surface area contributed by atoms with Gasteiger partial charge in [-0.3, -0.25) is 19.2 Å². The van der Waals surface area contributed by atoms with Crippen LogP contribution in [-0.4, -0.2) is 82.3 Å². The van der Waals surface area contributed by atoms with E-state index >= 15 is 0 Å². The largest absolute Gasteiger partial charge is 0.461 e. The van der Waals surface area contributed by atoms with Crippen molar-refractivity contribution in [3.05, 3.63) is 23.8 Å². The van der Waals surface area contributed by atoms with Gasteiger partial charge in [0.25, 0.3) is 0 Å². The SMILES string of the molecule is CC(=O)OC1[C@H]2[C@](C)(O)[C@H](OC(C)=O)C=C[C@]2(C)[C@@H](OC(C)=O)C[C@@H](OC(C)=O)/C(C)=C\[C@@H]2OC(=O)[C@]3(C)O[C@]123. The van der Waals surface area contributed by atoms with E-state index in [9.17, 15) is 29.1 Å². The summed E-state index contributed by atoms with van der Waals surface area (Å²) < 4.78 is 34.6. The van der Waals surface area contributed by atoms with Crippen LogP contribution in [0.2, 0.25) is 0 Å². The molecule has 40 heavy (non-hydrogen) atoms. The van der Waals surface area contributed by atoms with Gasteiger partial charge in [-0.15, -0.1) is 0 Å². The maximum atomic E-state index is 13.1. The van der Waals surface area contributed by atoms with Gasteiger partial charge in [-0.2, -0.15) is 0 Å². The van der Waals surface area contributed by atoms with Gasteiger partial charge in [-0.05, 0) is 38.5 Å². The maximum absolute atomic E-state index is 13.1. The van der Waals surface area contributed by atoms with Crippen molar-refractivity contribution in [2.45, 2.75) is 109 Å². The zero-order valence-electron chi connectivity index (χ0n) is 23.8. The van der Waals surface area contributed by atoms with Crippen LogP contribution in [0.1, 0.15) is 61.8 Å². The summed E-state index contributed by atoms with van der Waals surface area (Å²) in [5.74, 6) is -4.55. The smallest absolute Gasteiger partial charge is 0.342 e. The first-order chi connectivity index (χ1) is 18.4. The second-order valence-corrected chi connectivity index (χ2v) is 11.6. The first-order valence-corrected chi connectivity index (χ1v) is 13.1. The van der Waals surface area contributed by atoms with E-state index in [2.05, 4.69) is 0 Å². The van der Waals surface area contributed by atoms with E-state index in [1.54, 1.807) is 26.0 Å². The summed E-state index contributed by atoms with van der Waals surface area (Å²) in [5.41, 5.74) is -5.99. The molecule has 4 aliphatic rings. The first kappa shape index (κ1) is 29.7. The molecule has 10 atom stereocenters. The minimum atomic E-state index is -1.96. The second-order valence-electron chi connectivity index (χ2n) is 11.6. The molecule has 12 heteroatoms. The van der Waals surface area contributed by atoms with Crippen LogP contribution in [0, 0.1) is 11.3 Å². The number of ether oxygens (including phenoxy) is 6. The minimum absolute atomic E-state index is 0.0499. The Hall–Kier alpha value is -3.25. The number of hydrogen-bond acceptors (Lipinski definition) is 12. The van der Waals surface area contributed by atoms with Crippen molar-refractivity contribution >= 4 is 29.8 Å². The molecule has 2 heterocycles. The van der Waals surface area contributed by atoms with Crippen molar-refractivity contribution in [2.75, 3.05) is 0 Å². The Kier molecular flexibility index (Phi) is 7.20. The van der Waals surface area contributed by atoms with Crippen LogP contribution in [0.4, 0.5) is 0 Å². The first-order valence-electron chi connectivity index (χ1n) is 13.1. The average Bonchev–Trinajstić information content (AvgIpc) is 3.39. The van der Waals surface area contributed by atoms with Crippen molar-refractivity contribution < 1.29 is 57.5 Å². The highest BCUT2D eigenvalue weighted by Gasteiger charge is 2.87. The van der Waals surface area contributed by atoms with E-state index in [4.69, 9.17) is 28.4 Å². The van der Waals surface area contributed by atoms with Gasteiger partial charge in [0.05, 0.1) is 0 Å². The Bertz CT molecular complexity index is 1200. The molecule has 2 fully saturated rings. The fraction of sp³-hybridized carbons (Fsp3) is 0.679. The molecule has 0 radical (unpaired) electrons. The average molecular weight is 565 g/mol. The fourth-order valence-electron chi connectivity index (χ4n) is 6.76. The van der Waals surface area contributed by atoms with Gasteiger partial charge in [0, 0.05) is 45.4 Å². The lowest BCUT2D eigenvalue weighted by molar-refractivity contribution is -0.220. The summed E-state index contributed by atoms with van der Waals surface area (Å²) in [5, 5.41) is 12.2. The van der Waals surface area contributed by atoms with Crippen LogP contribution in [0.25, 0.3) is 0 Å². The number of aliphatic hydroxyl groups is 1. The molecule has 2 aliphatic heterocycles. The highest BCUT2D eigenvalue weighted by Crippen LogP contribution is 2.65. The number of fused-ring (bicyclic) bond motifs is 1. The number of hydrogen-bond donors (Lipinski definition) is 1. The Morgan fingerprint density at radius 3 is 2.02 bits per heavy atom. The molecule has 1 N–H and O–H groups in total. The molecule has 0 bridgehead atoms. The zero-order valence-corrected chi connectivity index (χ0v) is 23.8. The highest BCUT2D eigenvalue weighted by molar-refractivity contribution is 5.89. The number of carbonyl (C=O) groups is 5. The van der Waals surface area contributed by atoms with Crippen molar-refractivity contribution in [1.29, 1.82) is 0 Å². The number of esters is 5. The molecule has 2 aliphatic carbocycles. The Morgan fingerprint density at radius 1 is 0.925 bits per heavy atom. The zero-order chi connectivity index (χ0) is 30.0. The van der Waals surface area contributed by atoms with E-state index in [-0.39, 0.29) is 6.42 Å². The molecule has 0 aromatic rings. The summed E-state index contributed by atoms with van der Waals surface area (Å²) in [6.07, 6.45) is -1.03. The predicted molar refractivity (Wildman–Crippen MR) is 134 cm³/mol. The van der Waals surface area contributed by atoms with Crippen LogP contribution in [0.15, 0.2) is 23.8 Å². The molecular weight excluding hydrogens is 528 g/mol. The van der Waals surface area contributed by atoms with E-state index in [1.807, 2.05) is 0 Å². The predicted octanol–water partition coefficient (Wildman–Crippen LogP) is 1.46. The van der Waals surface area contributed by atoms with Crippen LogP contribution in [0.3, 0.4) is 0 Å². The highest BCUT2D eigenvalue weighted by atomic mass is 16.7. The Labute approximate surface area is 231 Å². The molecule has 2 saturated heterocycles. The quantitative estimate of drug-likeness (QED) is 0.227. The van der Waals surface area contributed by atoms with Gasteiger partial charge in [-0.1, -0.05) is 13.0 Å². The molecule has 220 valence electrons. The second kappa shape index (κ2) is 9.69. The molecule has 1 unspecified atom stereocenters. The molecule has 0 aromatic heterocycles. The van der Waals surface area contributed by atoms with Crippen molar-refractivity contribution in [3.8, 4) is 0 Å².